The molecule has 0 saturated carbocycles. The number of anilines is 1. The summed E-state index contributed by atoms with van der Waals surface area (Å²) in [6.45, 7) is 5.81. The summed E-state index contributed by atoms with van der Waals surface area (Å²) < 4.78 is 0. The quantitative estimate of drug-likeness (QED) is 0.626. The van der Waals surface area contributed by atoms with Crippen molar-refractivity contribution >= 4 is 28.9 Å². The van der Waals surface area contributed by atoms with Gasteiger partial charge < -0.3 is 21.1 Å². The summed E-state index contributed by atoms with van der Waals surface area (Å²) in [6.07, 6.45) is 0. The summed E-state index contributed by atoms with van der Waals surface area (Å²) in [5.74, 6) is -0.0257. The third kappa shape index (κ3) is 3.70. The number of phenolic OH excluding ortho intramolecular Hbond substituents is 1. The van der Waals surface area contributed by atoms with Crippen molar-refractivity contribution in [2.24, 2.45) is 0 Å². The fourth-order valence-electron chi connectivity index (χ4n) is 3.06. The highest BCUT2D eigenvalue weighted by molar-refractivity contribution is 7.80. The molecule has 1 aliphatic heterocycles. The van der Waals surface area contributed by atoms with Crippen LogP contribution in [0.1, 0.15) is 29.7 Å². The molecule has 0 aliphatic carbocycles. The van der Waals surface area contributed by atoms with Gasteiger partial charge >= 0.3 is 0 Å². The number of hydrogen-bond donors (Lipinski definition) is 4. The molecule has 1 heterocycles. The minimum absolute atomic E-state index is 0.173. The summed E-state index contributed by atoms with van der Waals surface area (Å²) in [5.41, 5.74) is 5.03. The van der Waals surface area contributed by atoms with Crippen LogP contribution in [0.25, 0.3) is 0 Å². The van der Waals surface area contributed by atoms with Gasteiger partial charge in [-0.2, -0.15) is 0 Å². The Balaban J connectivity index is 1.95. The van der Waals surface area contributed by atoms with Crippen molar-refractivity contribution in [3.8, 4) is 5.75 Å². The molecule has 134 valence electrons. The maximum absolute atomic E-state index is 13.0. The van der Waals surface area contributed by atoms with Crippen LogP contribution >= 0.6 is 12.2 Å². The largest absolute Gasteiger partial charge is 0.508 e. The average Bonchev–Trinajstić information content (AvgIpc) is 2.57. The van der Waals surface area contributed by atoms with Crippen LogP contribution in [0.2, 0.25) is 0 Å². The number of aromatic hydroxyl groups is 1. The number of carbonyl (C=O) groups is 1. The van der Waals surface area contributed by atoms with Crippen molar-refractivity contribution in [1.29, 1.82) is 0 Å². The molecule has 0 saturated heterocycles. The molecule has 0 fully saturated rings. The lowest BCUT2D eigenvalue weighted by atomic mass is 9.94. The van der Waals surface area contributed by atoms with E-state index in [0.717, 1.165) is 22.4 Å². The number of hydrogen-bond acceptors (Lipinski definition) is 3. The van der Waals surface area contributed by atoms with Crippen LogP contribution in [0.5, 0.6) is 5.75 Å². The number of phenols is 1. The van der Waals surface area contributed by atoms with Gasteiger partial charge in [-0.25, -0.2) is 0 Å². The maximum atomic E-state index is 13.0. The first-order chi connectivity index (χ1) is 12.3. The molecule has 0 radical (unpaired) electrons. The normalized spacial score (nSPS) is 16.7. The van der Waals surface area contributed by atoms with E-state index < -0.39 is 6.04 Å². The molecule has 26 heavy (non-hydrogen) atoms. The molecule has 1 amide bonds. The van der Waals surface area contributed by atoms with Crippen molar-refractivity contribution in [2.75, 3.05) is 5.32 Å². The van der Waals surface area contributed by atoms with Gasteiger partial charge in [-0.1, -0.05) is 29.8 Å². The maximum Gasteiger partial charge on any atom is 0.255 e. The summed E-state index contributed by atoms with van der Waals surface area (Å²) in [4.78, 5) is 13.0. The third-order valence-corrected chi connectivity index (χ3v) is 4.59. The van der Waals surface area contributed by atoms with Gasteiger partial charge in [0, 0.05) is 11.4 Å². The van der Waals surface area contributed by atoms with E-state index in [-0.39, 0.29) is 11.7 Å². The lowest BCUT2D eigenvalue weighted by Gasteiger charge is -2.30. The Hall–Kier alpha value is -2.86. The zero-order valence-corrected chi connectivity index (χ0v) is 15.7. The van der Waals surface area contributed by atoms with Crippen molar-refractivity contribution in [1.82, 2.24) is 10.6 Å². The second-order valence-electron chi connectivity index (χ2n) is 6.43. The van der Waals surface area contributed by atoms with Crippen LogP contribution < -0.4 is 16.0 Å². The van der Waals surface area contributed by atoms with Crippen molar-refractivity contribution < 1.29 is 9.90 Å². The van der Waals surface area contributed by atoms with E-state index in [1.165, 1.54) is 0 Å². The molecular weight excluding hydrogens is 346 g/mol. The number of thiocarbonyl (C=S) groups is 1. The second kappa shape index (κ2) is 7.17. The van der Waals surface area contributed by atoms with Crippen LogP contribution in [0.3, 0.4) is 0 Å². The fourth-order valence-corrected chi connectivity index (χ4v) is 3.33. The standard InChI is InChI=1S/C20H21N3O2S/c1-11-4-9-16(12(2)10-11)22-19(25)17-13(3)21-20(26)23-18(17)14-5-7-15(24)8-6-14/h4-10,18,24H,1-3H3,(H,22,25)(H2,21,23,26). The molecule has 4 N–H and O–H groups in total. The van der Waals surface area contributed by atoms with Crippen molar-refractivity contribution in [2.45, 2.75) is 26.8 Å². The van der Waals surface area contributed by atoms with Gasteiger partial charge in [0.25, 0.3) is 5.91 Å². The van der Waals surface area contributed by atoms with E-state index in [1.807, 2.05) is 39.0 Å². The number of amides is 1. The van der Waals surface area contributed by atoms with Crippen LogP contribution in [-0.2, 0) is 4.79 Å². The Labute approximate surface area is 158 Å². The highest BCUT2D eigenvalue weighted by Gasteiger charge is 2.30. The first kappa shape index (κ1) is 17.9. The van der Waals surface area contributed by atoms with E-state index >= 15 is 0 Å². The molecule has 3 rings (SSSR count). The van der Waals surface area contributed by atoms with E-state index in [2.05, 4.69) is 16.0 Å². The van der Waals surface area contributed by atoms with Crippen LogP contribution in [0.15, 0.2) is 53.7 Å². The van der Waals surface area contributed by atoms with Crippen molar-refractivity contribution in [3.05, 3.63) is 70.4 Å². The van der Waals surface area contributed by atoms with Crippen LogP contribution in [0, 0.1) is 13.8 Å². The highest BCUT2D eigenvalue weighted by Crippen LogP contribution is 2.29. The molecule has 1 aliphatic rings. The van der Waals surface area contributed by atoms with Gasteiger partial charge in [-0.05, 0) is 62.3 Å². The molecule has 1 unspecified atom stereocenters. The molecule has 0 bridgehead atoms. The van der Waals surface area contributed by atoms with Gasteiger partial charge in [0.15, 0.2) is 5.11 Å². The van der Waals surface area contributed by atoms with E-state index in [1.54, 1.807) is 24.3 Å². The Bertz CT molecular complexity index is 904. The van der Waals surface area contributed by atoms with Gasteiger partial charge in [0.2, 0.25) is 0 Å². The molecule has 0 spiro atoms. The van der Waals surface area contributed by atoms with Gasteiger partial charge in [0.05, 0.1) is 11.6 Å². The molecule has 6 heteroatoms. The Morgan fingerprint density at radius 3 is 2.46 bits per heavy atom. The molecule has 1 atom stereocenters. The van der Waals surface area contributed by atoms with E-state index in [0.29, 0.717) is 16.4 Å². The lowest BCUT2D eigenvalue weighted by Crippen LogP contribution is -2.45. The van der Waals surface area contributed by atoms with Gasteiger partial charge in [0.1, 0.15) is 5.75 Å². The lowest BCUT2D eigenvalue weighted by molar-refractivity contribution is -0.113. The van der Waals surface area contributed by atoms with E-state index in [9.17, 15) is 9.90 Å². The first-order valence-electron chi connectivity index (χ1n) is 8.31. The van der Waals surface area contributed by atoms with Gasteiger partial charge in [-0.3, -0.25) is 4.79 Å². The smallest absolute Gasteiger partial charge is 0.255 e. The fraction of sp³-hybridized carbons (Fsp3) is 0.200. The van der Waals surface area contributed by atoms with Crippen LogP contribution in [0.4, 0.5) is 5.69 Å². The first-order valence-corrected chi connectivity index (χ1v) is 8.72. The van der Waals surface area contributed by atoms with Crippen LogP contribution in [-0.4, -0.2) is 16.1 Å². The highest BCUT2D eigenvalue weighted by atomic mass is 32.1. The monoisotopic (exact) mass is 367 g/mol. The number of benzene rings is 2. The Morgan fingerprint density at radius 1 is 1.12 bits per heavy atom. The number of carbonyl (C=O) groups excluding carboxylic acids is 1. The predicted octanol–water partition coefficient (Wildman–Crippen LogP) is 3.44. The Morgan fingerprint density at radius 2 is 1.81 bits per heavy atom. The SMILES string of the molecule is CC1=C(C(=O)Nc2ccc(C)cc2C)C(c2ccc(O)cc2)NC(=S)N1. The molecular formula is C20H21N3O2S. The van der Waals surface area contributed by atoms with Crippen molar-refractivity contribution in [3.63, 3.8) is 0 Å². The second-order valence-corrected chi connectivity index (χ2v) is 6.84. The minimum atomic E-state index is -0.393. The Kier molecular flexibility index (Phi) is 4.95. The summed E-state index contributed by atoms with van der Waals surface area (Å²) >= 11 is 5.25. The zero-order valence-electron chi connectivity index (χ0n) is 14.9. The minimum Gasteiger partial charge on any atom is -0.508 e. The third-order valence-electron chi connectivity index (χ3n) is 4.37. The predicted molar refractivity (Wildman–Crippen MR) is 107 cm³/mol. The summed E-state index contributed by atoms with van der Waals surface area (Å²) in [5, 5.41) is 19.2. The van der Waals surface area contributed by atoms with Gasteiger partial charge in [-0.15, -0.1) is 0 Å². The molecule has 0 aromatic heterocycles. The average molecular weight is 367 g/mol. The molecule has 2 aromatic carbocycles. The number of aryl methyl sites for hydroxylation is 2. The van der Waals surface area contributed by atoms with E-state index in [4.69, 9.17) is 12.2 Å². The number of nitrogens with one attached hydrogen (secondary N) is 3. The summed E-state index contributed by atoms with van der Waals surface area (Å²) in [7, 11) is 0. The zero-order chi connectivity index (χ0) is 18.8. The molecule has 5 nitrogen and oxygen atoms in total. The topological polar surface area (TPSA) is 73.4 Å². The number of rotatable bonds is 3. The molecule has 2 aromatic rings. The summed E-state index contributed by atoms with van der Waals surface area (Å²) in [6, 6.07) is 12.2. The number of allylic oxidation sites excluding steroid dienone is 1.